The number of nitrogens with one attached hydrogen (secondary N) is 1. The van der Waals surface area contributed by atoms with Crippen LogP contribution in [0, 0.1) is 6.92 Å². The molecule has 1 aromatic carbocycles. The molecule has 0 saturated carbocycles. The molecular formula is C20H16ClN5O. The van der Waals surface area contributed by atoms with E-state index < -0.39 is 0 Å². The Labute approximate surface area is 160 Å². The van der Waals surface area contributed by atoms with Crippen LogP contribution in [0.15, 0.2) is 55.0 Å². The molecule has 0 fully saturated rings. The van der Waals surface area contributed by atoms with Crippen molar-refractivity contribution in [3.8, 4) is 22.5 Å². The SMILES string of the molecule is CNC(=O)c1cn2c(-c3ccc(C)cc3)c(-c3ccc(Cl)nc3)nc2cn1. The van der Waals surface area contributed by atoms with Gasteiger partial charge in [0.15, 0.2) is 5.65 Å². The molecule has 0 aliphatic heterocycles. The normalized spacial score (nSPS) is 10.9. The minimum atomic E-state index is -0.254. The van der Waals surface area contributed by atoms with Gasteiger partial charge in [0.25, 0.3) is 5.91 Å². The molecule has 4 rings (SSSR count). The number of hydrogen-bond acceptors (Lipinski definition) is 4. The van der Waals surface area contributed by atoms with Crippen molar-refractivity contribution in [1.29, 1.82) is 0 Å². The minimum absolute atomic E-state index is 0.254. The van der Waals surface area contributed by atoms with Gasteiger partial charge in [-0.1, -0.05) is 41.4 Å². The topological polar surface area (TPSA) is 72.2 Å². The van der Waals surface area contributed by atoms with Gasteiger partial charge in [-0.2, -0.15) is 0 Å². The second-order valence-corrected chi connectivity index (χ2v) is 6.51. The van der Waals surface area contributed by atoms with E-state index in [2.05, 4.69) is 15.3 Å². The van der Waals surface area contributed by atoms with Gasteiger partial charge in [0.05, 0.1) is 17.6 Å². The first-order valence-corrected chi connectivity index (χ1v) is 8.74. The standard InChI is InChI=1S/C20H16ClN5O/c1-12-3-5-13(6-4-12)19-18(14-7-8-16(21)24-9-14)25-17-10-23-15(11-26(17)19)20(27)22-2/h3-11H,1-2H3,(H,22,27). The molecule has 3 aromatic heterocycles. The summed E-state index contributed by atoms with van der Waals surface area (Å²) in [4.78, 5) is 25.1. The summed E-state index contributed by atoms with van der Waals surface area (Å²) in [7, 11) is 1.58. The fourth-order valence-electron chi connectivity index (χ4n) is 2.90. The number of aryl methyl sites for hydroxylation is 1. The number of carbonyl (C=O) groups excluding carboxylic acids is 1. The van der Waals surface area contributed by atoms with Crippen LogP contribution in [0.3, 0.4) is 0 Å². The van der Waals surface area contributed by atoms with Gasteiger partial charge in [0.1, 0.15) is 10.8 Å². The number of hydrogen-bond donors (Lipinski definition) is 1. The van der Waals surface area contributed by atoms with Crippen molar-refractivity contribution in [3.05, 3.63) is 71.4 Å². The summed E-state index contributed by atoms with van der Waals surface area (Å²) in [5, 5.41) is 3.02. The van der Waals surface area contributed by atoms with Gasteiger partial charge in [-0.15, -0.1) is 0 Å². The third kappa shape index (κ3) is 3.15. The number of imidazole rings is 1. The molecule has 0 bridgehead atoms. The lowest BCUT2D eigenvalue weighted by Gasteiger charge is -2.07. The molecule has 0 unspecified atom stereocenters. The number of aromatic nitrogens is 4. The van der Waals surface area contributed by atoms with Crippen LogP contribution in [0.5, 0.6) is 0 Å². The number of pyridine rings is 1. The van der Waals surface area contributed by atoms with Crippen LogP contribution >= 0.6 is 11.6 Å². The smallest absolute Gasteiger partial charge is 0.271 e. The maximum atomic E-state index is 12.0. The largest absolute Gasteiger partial charge is 0.354 e. The number of amides is 1. The van der Waals surface area contributed by atoms with Crippen molar-refractivity contribution in [1.82, 2.24) is 24.7 Å². The van der Waals surface area contributed by atoms with Crippen molar-refractivity contribution >= 4 is 23.2 Å². The van der Waals surface area contributed by atoms with Crippen molar-refractivity contribution in [2.24, 2.45) is 0 Å². The summed E-state index contributed by atoms with van der Waals surface area (Å²) in [6, 6.07) is 11.8. The van der Waals surface area contributed by atoms with Crippen molar-refractivity contribution in [2.75, 3.05) is 7.05 Å². The zero-order valence-corrected chi connectivity index (χ0v) is 15.5. The van der Waals surface area contributed by atoms with E-state index in [0.717, 1.165) is 28.1 Å². The van der Waals surface area contributed by atoms with Gasteiger partial charge >= 0.3 is 0 Å². The van der Waals surface area contributed by atoms with Gasteiger partial charge < -0.3 is 5.32 Å². The van der Waals surface area contributed by atoms with Gasteiger partial charge in [0, 0.05) is 30.6 Å². The van der Waals surface area contributed by atoms with E-state index in [-0.39, 0.29) is 5.91 Å². The molecule has 6 nitrogen and oxygen atoms in total. The highest BCUT2D eigenvalue weighted by atomic mass is 35.5. The molecule has 134 valence electrons. The molecule has 0 spiro atoms. The fraction of sp³-hybridized carbons (Fsp3) is 0.100. The summed E-state index contributed by atoms with van der Waals surface area (Å²) in [6.07, 6.45) is 4.98. The Bertz CT molecular complexity index is 1130. The maximum absolute atomic E-state index is 12.0. The molecule has 0 saturated heterocycles. The lowest BCUT2D eigenvalue weighted by molar-refractivity contribution is 0.0957. The number of carbonyl (C=O) groups is 1. The average Bonchev–Trinajstić information content (AvgIpc) is 3.07. The quantitative estimate of drug-likeness (QED) is 0.551. The molecule has 3 heterocycles. The maximum Gasteiger partial charge on any atom is 0.271 e. The van der Waals surface area contributed by atoms with Crippen LogP contribution in [-0.2, 0) is 0 Å². The van der Waals surface area contributed by atoms with E-state index in [1.165, 1.54) is 0 Å². The molecule has 4 aromatic rings. The molecule has 7 heteroatoms. The van der Waals surface area contributed by atoms with E-state index in [0.29, 0.717) is 16.5 Å². The van der Waals surface area contributed by atoms with Crippen LogP contribution in [0.4, 0.5) is 0 Å². The Morgan fingerprint density at radius 1 is 1.04 bits per heavy atom. The van der Waals surface area contributed by atoms with Crippen LogP contribution in [-0.4, -0.2) is 32.3 Å². The molecule has 0 atom stereocenters. The van der Waals surface area contributed by atoms with Crippen LogP contribution in [0.25, 0.3) is 28.2 Å². The summed E-state index contributed by atoms with van der Waals surface area (Å²) >= 11 is 5.93. The Hall–Kier alpha value is -3.25. The van der Waals surface area contributed by atoms with Crippen molar-refractivity contribution < 1.29 is 4.79 Å². The van der Waals surface area contributed by atoms with Crippen molar-refractivity contribution in [2.45, 2.75) is 6.92 Å². The van der Waals surface area contributed by atoms with Crippen LogP contribution in [0.2, 0.25) is 5.15 Å². The summed E-state index contributed by atoms with van der Waals surface area (Å²) in [6.45, 7) is 2.04. The Balaban J connectivity index is 2.01. The fourth-order valence-corrected chi connectivity index (χ4v) is 3.02. The van der Waals surface area contributed by atoms with Gasteiger partial charge in [-0.3, -0.25) is 9.20 Å². The predicted molar refractivity (Wildman–Crippen MR) is 105 cm³/mol. The second kappa shape index (κ2) is 6.81. The Morgan fingerprint density at radius 2 is 1.78 bits per heavy atom. The van der Waals surface area contributed by atoms with Crippen LogP contribution in [0.1, 0.15) is 16.1 Å². The van der Waals surface area contributed by atoms with E-state index in [9.17, 15) is 4.79 Å². The first-order valence-electron chi connectivity index (χ1n) is 8.36. The van der Waals surface area contributed by atoms with Gasteiger partial charge in [0.2, 0.25) is 0 Å². The highest BCUT2D eigenvalue weighted by Gasteiger charge is 2.18. The highest BCUT2D eigenvalue weighted by Crippen LogP contribution is 2.33. The molecule has 0 aliphatic rings. The summed E-state index contributed by atoms with van der Waals surface area (Å²) in [5.74, 6) is -0.254. The Kier molecular flexibility index (Phi) is 4.33. The van der Waals surface area contributed by atoms with Crippen LogP contribution < -0.4 is 5.32 Å². The van der Waals surface area contributed by atoms with E-state index in [1.807, 2.05) is 41.7 Å². The van der Waals surface area contributed by atoms with Gasteiger partial charge in [-0.05, 0) is 19.1 Å². The molecular weight excluding hydrogens is 362 g/mol. The molecule has 1 amide bonds. The third-order valence-corrected chi connectivity index (χ3v) is 4.52. The van der Waals surface area contributed by atoms with E-state index >= 15 is 0 Å². The number of nitrogens with zero attached hydrogens (tertiary/aromatic N) is 4. The summed E-state index contributed by atoms with van der Waals surface area (Å²) < 4.78 is 1.88. The lowest BCUT2D eigenvalue weighted by Crippen LogP contribution is -2.19. The van der Waals surface area contributed by atoms with E-state index in [4.69, 9.17) is 16.6 Å². The monoisotopic (exact) mass is 377 g/mol. The molecule has 0 radical (unpaired) electrons. The number of benzene rings is 1. The second-order valence-electron chi connectivity index (χ2n) is 6.12. The third-order valence-electron chi connectivity index (χ3n) is 4.29. The highest BCUT2D eigenvalue weighted by molar-refractivity contribution is 6.29. The molecule has 27 heavy (non-hydrogen) atoms. The first-order chi connectivity index (χ1) is 13.1. The average molecular weight is 378 g/mol. The number of fused-ring (bicyclic) bond motifs is 1. The number of rotatable bonds is 3. The van der Waals surface area contributed by atoms with E-state index in [1.54, 1.807) is 31.7 Å². The minimum Gasteiger partial charge on any atom is -0.354 e. The predicted octanol–water partition coefficient (Wildman–Crippen LogP) is 3.78. The molecule has 1 N–H and O–H groups in total. The lowest BCUT2D eigenvalue weighted by atomic mass is 10.0. The summed E-state index contributed by atoms with van der Waals surface area (Å²) in [5.41, 5.74) is 5.54. The first kappa shape index (κ1) is 17.2. The molecule has 0 aliphatic carbocycles. The van der Waals surface area contributed by atoms with Gasteiger partial charge in [-0.25, -0.2) is 15.0 Å². The zero-order valence-electron chi connectivity index (χ0n) is 14.8. The number of halogens is 1. The zero-order chi connectivity index (χ0) is 19.0. The Morgan fingerprint density at radius 3 is 2.44 bits per heavy atom. The van der Waals surface area contributed by atoms with Crippen molar-refractivity contribution in [3.63, 3.8) is 0 Å².